The summed E-state index contributed by atoms with van der Waals surface area (Å²) in [6.07, 6.45) is 5.06. The molecule has 2 aromatic carbocycles. The first-order valence-electron chi connectivity index (χ1n) is 13.0. The van der Waals surface area contributed by atoms with Crippen LogP contribution in [-0.4, -0.2) is 34.9 Å². The standard InChI is InChI=1S/C30H27N5O4S/c1-3-24(36)32-18-9-10-19(16-18)33-28(37)27-26-25-23(13-14-31-29(25)40-27)35(30(38)34-26)22-12-11-21(15-17(22)2)39-20-7-5-4-6-8-20/h3-8,11-15,18-19H,1,9-10,16H2,2H3,(H,32,36)(H,33,37)(H,34,38)/t18?,19-/m0/s1. The fourth-order valence-electron chi connectivity index (χ4n) is 5.31. The monoisotopic (exact) mass is 553 g/mol. The van der Waals surface area contributed by atoms with Gasteiger partial charge in [-0.2, -0.15) is 0 Å². The quantitative estimate of drug-likeness (QED) is 0.242. The molecular formula is C30H27N5O4S. The number of para-hydroxylation sites is 1. The summed E-state index contributed by atoms with van der Waals surface area (Å²) >= 11 is 1.25. The van der Waals surface area contributed by atoms with Crippen LogP contribution in [0.4, 0.5) is 21.9 Å². The van der Waals surface area contributed by atoms with E-state index >= 15 is 0 Å². The second-order valence-corrected chi connectivity index (χ2v) is 10.8. The second-order valence-electron chi connectivity index (χ2n) is 9.84. The number of aryl methyl sites for hydroxylation is 1. The van der Waals surface area contributed by atoms with E-state index in [2.05, 4.69) is 27.5 Å². The van der Waals surface area contributed by atoms with Crippen molar-refractivity contribution in [2.45, 2.75) is 38.3 Å². The van der Waals surface area contributed by atoms with Crippen LogP contribution >= 0.6 is 11.3 Å². The fraction of sp³-hybridized carbons (Fsp3) is 0.200. The van der Waals surface area contributed by atoms with E-state index in [9.17, 15) is 14.4 Å². The van der Waals surface area contributed by atoms with Crippen molar-refractivity contribution in [3.05, 3.63) is 83.9 Å². The lowest BCUT2D eigenvalue weighted by atomic mass is 10.1. The maximum Gasteiger partial charge on any atom is 0.331 e. The molecule has 1 saturated carbocycles. The largest absolute Gasteiger partial charge is 0.457 e. The molecule has 1 aliphatic carbocycles. The Bertz CT molecular complexity index is 1650. The van der Waals surface area contributed by atoms with Crippen LogP contribution in [-0.2, 0) is 4.79 Å². The number of nitrogens with one attached hydrogen (secondary N) is 3. The average molecular weight is 554 g/mol. The van der Waals surface area contributed by atoms with Gasteiger partial charge in [-0.25, -0.2) is 9.78 Å². The SMILES string of the molecule is C=CC(=O)NC1CC[C@H](NC(=O)c2sc3nccc4c3c2NC(=O)N4c2ccc(Oc3ccccc3)cc2C)C1. The number of hydrogen-bond acceptors (Lipinski definition) is 6. The predicted molar refractivity (Wildman–Crippen MR) is 156 cm³/mol. The van der Waals surface area contributed by atoms with Gasteiger partial charge in [0, 0.05) is 18.3 Å². The Kier molecular flexibility index (Phi) is 6.69. The summed E-state index contributed by atoms with van der Waals surface area (Å²) in [5.74, 6) is 0.907. The molecule has 3 heterocycles. The number of hydrogen-bond donors (Lipinski definition) is 3. The zero-order valence-electron chi connectivity index (χ0n) is 21.8. The van der Waals surface area contributed by atoms with Crippen molar-refractivity contribution in [3.8, 4) is 11.5 Å². The Hall–Kier alpha value is -4.70. The number of amides is 4. The van der Waals surface area contributed by atoms with Crippen LogP contribution < -0.4 is 25.6 Å². The topological polar surface area (TPSA) is 113 Å². The van der Waals surface area contributed by atoms with E-state index < -0.39 is 0 Å². The van der Waals surface area contributed by atoms with Gasteiger partial charge in [-0.15, -0.1) is 11.3 Å². The highest BCUT2D eigenvalue weighted by Gasteiger charge is 2.34. The highest BCUT2D eigenvalue weighted by molar-refractivity contribution is 7.21. The number of urea groups is 1. The lowest BCUT2D eigenvalue weighted by Crippen LogP contribution is -2.37. The molecule has 4 amide bonds. The molecule has 2 aliphatic rings. The minimum absolute atomic E-state index is 0.00851. The van der Waals surface area contributed by atoms with Gasteiger partial charge in [-0.3, -0.25) is 14.5 Å². The number of aromatic nitrogens is 1. The first-order chi connectivity index (χ1) is 19.4. The van der Waals surface area contributed by atoms with E-state index in [-0.39, 0.29) is 29.9 Å². The molecule has 3 N–H and O–H groups in total. The highest BCUT2D eigenvalue weighted by Crippen LogP contribution is 2.46. The summed E-state index contributed by atoms with van der Waals surface area (Å²) in [5, 5.41) is 9.64. The third-order valence-corrected chi connectivity index (χ3v) is 8.24. The molecule has 1 aliphatic heterocycles. The van der Waals surface area contributed by atoms with Gasteiger partial charge in [-0.05, 0) is 74.2 Å². The van der Waals surface area contributed by atoms with Gasteiger partial charge in [-0.1, -0.05) is 24.8 Å². The van der Waals surface area contributed by atoms with E-state index in [1.54, 1.807) is 17.2 Å². The number of anilines is 3. The molecule has 0 bridgehead atoms. The molecule has 202 valence electrons. The van der Waals surface area contributed by atoms with E-state index in [1.165, 1.54) is 17.4 Å². The molecule has 1 fully saturated rings. The van der Waals surface area contributed by atoms with Crippen LogP contribution in [0.5, 0.6) is 11.5 Å². The van der Waals surface area contributed by atoms with Crippen LogP contribution in [0.15, 0.2) is 73.4 Å². The van der Waals surface area contributed by atoms with Gasteiger partial charge in [0.15, 0.2) is 0 Å². The molecule has 0 radical (unpaired) electrons. The van der Waals surface area contributed by atoms with Gasteiger partial charge >= 0.3 is 6.03 Å². The number of carbonyl (C=O) groups is 3. The molecule has 6 rings (SSSR count). The first kappa shape index (κ1) is 25.6. The minimum Gasteiger partial charge on any atom is -0.457 e. The first-order valence-corrected chi connectivity index (χ1v) is 13.8. The Balaban J connectivity index is 1.27. The van der Waals surface area contributed by atoms with E-state index in [0.29, 0.717) is 38.9 Å². The van der Waals surface area contributed by atoms with Crippen molar-refractivity contribution in [2.75, 3.05) is 10.2 Å². The Morgan fingerprint density at radius 3 is 2.60 bits per heavy atom. The van der Waals surface area contributed by atoms with E-state index in [1.807, 2.05) is 55.5 Å². The molecule has 9 nitrogen and oxygen atoms in total. The van der Waals surface area contributed by atoms with Crippen molar-refractivity contribution >= 4 is 56.5 Å². The predicted octanol–water partition coefficient (Wildman–Crippen LogP) is 6.03. The summed E-state index contributed by atoms with van der Waals surface area (Å²) < 4.78 is 5.96. The fourth-order valence-corrected chi connectivity index (χ4v) is 6.33. The summed E-state index contributed by atoms with van der Waals surface area (Å²) in [5.41, 5.74) is 2.68. The molecule has 1 unspecified atom stereocenters. The zero-order valence-corrected chi connectivity index (χ0v) is 22.6. The van der Waals surface area contributed by atoms with Crippen molar-refractivity contribution in [2.24, 2.45) is 0 Å². The maximum atomic E-state index is 13.5. The number of benzene rings is 2. The number of pyridine rings is 1. The number of nitrogens with zero attached hydrogens (tertiary/aromatic N) is 2. The zero-order chi connectivity index (χ0) is 27.8. The third kappa shape index (κ3) is 4.77. The highest BCUT2D eigenvalue weighted by atomic mass is 32.1. The summed E-state index contributed by atoms with van der Waals surface area (Å²) in [6.45, 7) is 5.41. The van der Waals surface area contributed by atoms with Crippen molar-refractivity contribution < 1.29 is 19.1 Å². The van der Waals surface area contributed by atoms with Gasteiger partial charge < -0.3 is 20.7 Å². The molecule has 2 aromatic heterocycles. The summed E-state index contributed by atoms with van der Waals surface area (Å²) in [4.78, 5) is 45.7. The van der Waals surface area contributed by atoms with Gasteiger partial charge in [0.1, 0.15) is 21.2 Å². The normalized spacial score (nSPS) is 17.8. The number of rotatable bonds is 7. The molecule has 0 spiro atoms. The maximum absolute atomic E-state index is 13.5. The van der Waals surface area contributed by atoms with Crippen LogP contribution in [0.1, 0.15) is 34.5 Å². The molecule has 4 aromatic rings. The number of carbonyl (C=O) groups excluding carboxylic acids is 3. The molecular weight excluding hydrogens is 526 g/mol. The Morgan fingerprint density at radius 1 is 1.07 bits per heavy atom. The lowest BCUT2D eigenvalue weighted by molar-refractivity contribution is -0.117. The van der Waals surface area contributed by atoms with Crippen molar-refractivity contribution in [1.29, 1.82) is 0 Å². The van der Waals surface area contributed by atoms with Gasteiger partial charge in [0.2, 0.25) is 5.91 Å². The molecule has 2 atom stereocenters. The number of ether oxygens (including phenoxy) is 1. The van der Waals surface area contributed by atoms with Crippen LogP contribution in [0.25, 0.3) is 10.2 Å². The smallest absolute Gasteiger partial charge is 0.331 e. The summed E-state index contributed by atoms with van der Waals surface area (Å²) in [7, 11) is 0. The average Bonchev–Trinajstić information content (AvgIpc) is 3.55. The lowest BCUT2D eigenvalue weighted by Gasteiger charge is -2.29. The van der Waals surface area contributed by atoms with Crippen molar-refractivity contribution in [3.63, 3.8) is 0 Å². The summed E-state index contributed by atoms with van der Waals surface area (Å²) in [6, 6.07) is 16.4. The van der Waals surface area contributed by atoms with E-state index in [4.69, 9.17) is 4.74 Å². The Labute approximate surface area is 234 Å². The van der Waals surface area contributed by atoms with Crippen LogP contribution in [0.2, 0.25) is 0 Å². The van der Waals surface area contributed by atoms with Crippen LogP contribution in [0.3, 0.4) is 0 Å². The van der Waals surface area contributed by atoms with Crippen molar-refractivity contribution in [1.82, 2.24) is 15.6 Å². The molecule has 10 heteroatoms. The van der Waals surface area contributed by atoms with E-state index in [0.717, 1.165) is 29.5 Å². The number of thiophene rings is 1. The molecule has 40 heavy (non-hydrogen) atoms. The molecule has 0 saturated heterocycles. The van der Waals surface area contributed by atoms with Crippen LogP contribution in [0, 0.1) is 6.92 Å². The Morgan fingerprint density at radius 2 is 1.85 bits per heavy atom. The minimum atomic E-state index is -0.361. The van der Waals surface area contributed by atoms with Gasteiger partial charge in [0.05, 0.1) is 22.4 Å². The third-order valence-electron chi connectivity index (χ3n) is 7.14. The second kappa shape index (κ2) is 10.5. The van der Waals surface area contributed by atoms with Gasteiger partial charge in [0.25, 0.3) is 5.91 Å².